The third-order valence-electron chi connectivity index (χ3n) is 8.89. The van der Waals surface area contributed by atoms with Crippen molar-refractivity contribution in [3.8, 4) is 0 Å². The standard InChI is InChI=1S/C25H35ClN6O2/c26-21-4-1-16(2-5-21)17-7-9-30(10-8-17)25(34)32-14-19-12-31(13-20(19)15-32)24(33)18-3-6-22-23(11-18)28-29-27-22/h1-2,4-5,17-20,22-23,27-29H,3,6-15H2/t18?,19-,20-,22?,23?/m0/s1. The van der Waals surface area contributed by atoms with Gasteiger partial charge in [-0.15, -0.1) is 0 Å². The Hall–Kier alpha value is -1.87. The van der Waals surface area contributed by atoms with Crippen LogP contribution in [0, 0.1) is 17.8 Å². The summed E-state index contributed by atoms with van der Waals surface area (Å²) in [5.74, 6) is 1.78. The summed E-state index contributed by atoms with van der Waals surface area (Å²) in [5.41, 5.74) is 10.8. The topological polar surface area (TPSA) is 80.0 Å². The highest BCUT2D eigenvalue weighted by Crippen LogP contribution is 2.36. The van der Waals surface area contributed by atoms with Crippen LogP contribution in [-0.4, -0.2) is 78.0 Å². The maximum absolute atomic E-state index is 13.2. The maximum Gasteiger partial charge on any atom is 0.320 e. The summed E-state index contributed by atoms with van der Waals surface area (Å²) in [7, 11) is 0. The Bertz CT molecular complexity index is 906. The number of carbonyl (C=O) groups excluding carboxylic acids is 2. The van der Waals surface area contributed by atoms with Gasteiger partial charge in [-0.3, -0.25) is 4.79 Å². The molecule has 4 heterocycles. The molecule has 5 atom stereocenters. The Labute approximate surface area is 206 Å². The van der Waals surface area contributed by atoms with Gasteiger partial charge < -0.3 is 14.7 Å². The number of nitrogens with one attached hydrogen (secondary N) is 3. The summed E-state index contributed by atoms with van der Waals surface area (Å²) < 4.78 is 0. The van der Waals surface area contributed by atoms with Crippen LogP contribution in [0.25, 0.3) is 0 Å². The zero-order valence-electron chi connectivity index (χ0n) is 19.6. The lowest BCUT2D eigenvalue weighted by molar-refractivity contribution is -0.136. The second kappa shape index (κ2) is 9.30. The molecule has 1 aliphatic carbocycles. The van der Waals surface area contributed by atoms with E-state index >= 15 is 0 Å². The number of halogens is 1. The number of hydrogen-bond donors (Lipinski definition) is 3. The van der Waals surface area contributed by atoms with Gasteiger partial charge in [0.2, 0.25) is 5.91 Å². The van der Waals surface area contributed by atoms with Gasteiger partial charge in [0.25, 0.3) is 0 Å². The average Bonchev–Trinajstić information content (AvgIpc) is 3.58. The molecule has 0 spiro atoms. The molecule has 6 rings (SSSR count). The van der Waals surface area contributed by atoms with Gasteiger partial charge in [0.05, 0.1) is 0 Å². The smallest absolute Gasteiger partial charge is 0.320 e. The van der Waals surface area contributed by atoms with E-state index in [2.05, 4.69) is 33.4 Å². The Balaban J connectivity index is 0.982. The fraction of sp³-hybridized carbons (Fsp3) is 0.680. The Morgan fingerprint density at radius 1 is 0.794 bits per heavy atom. The summed E-state index contributed by atoms with van der Waals surface area (Å²) in [5, 5.41) is 0.768. The number of rotatable bonds is 2. The first kappa shape index (κ1) is 22.6. The van der Waals surface area contributed by atoms with Crippen LogP contribution in [0.3, 0.4) is 0 Å². The first-order valence-corrected chi connectivity index (χ1v) is 13.3. The number of benzene rings is 1. The number of nitrogens with zero attached hydrogens (tertiary/aromatic N) is 3. The molecule has 8 nitrogen and oxygen atoms in total. The first-order valence-electron chi connectivity index (χ1n) is 12.9. The molecule has 5 aliphatic rings. The van der Waals surface area contributed by atoms with Gasteiger partial charge in [-0.05, 0) is 55.7 Å². The third kappa shape index (κ3) is 4.30. The number of amides is 3. The highest BCUT2D eigenvalue weighted by Gasteiger charge is 2.46. The molecule has 0 radical (unpaired) electrons. The monoisotopic (exact) mass is 486 g/mol. The molecule has 4 aliphatic heterocycles. The summed E-state index contributed by atoms with van der Waals surface area (Å²) in [6.45, 7) is 4.81. The highest BCUT2D eigenvalue weighted by molar-refractivity contribution is 6.30. The minimum Gasteiger partial charge on any atom is -0.342 e. The van der Waals surface area contributed by atoms with Crippen molar-refractivity contribution in [2.45, 2.75) is 50.1 Å². The molecule has 0 aromatic heterocycles. The number of urea groups is 1. The van der Waals surface area contributed by atoms with Gasteiger partial charge in [0.1, 0.15) is 0 Å². The van der Waals surface area contributed by atoms with Gasteiger partial charge in [-0.25, -0.2) is 15.6 Å². The molecule has 1 aromatic rings. The second-order valence-electron chi connectivity index (χ2n) is 10.9. The molecule has 34 heavy (non-hydrogen) atoms. The van der Waals surface area contributed by atoms with Crippen molar-refractivity contribution < 1.29 is 9.59 Å². The highest BCUT2D eigenvalue weighted by atomic mass is 35.5. The Kier molecular flexibility index (Phi) is 6.18. The molecule has 0 bridgehead atoms. The Morgan fingerprint density at radius 2 is 1.44 bits per heavy atom. The van der Waals surface area contributed by atoms with Crippen molar-refractivity contribution >= 4 is 23.5 Å². The fourth-order valence-electron chi connectivity index (χ4n) is 6.88. The molecule has 1 aromatic carbocycles. The predicted molar refractivity (Wildman–Crippen MR) is 130 cm³/mol. The molecular weight excluding hydrogens is 452 g/mol. The van der Waals surface area contributed by atoms with E-state index in [-0.39, 0.29) is 11.9 Å². The van der Waals surface area contributed by atoms with Gasteiger partial charge >= 0.3 is 6.03 Å². The van der Waals surface area contributed by atoms with Crippen molar-refractivity contribution in [2.75, 3.05) is 39.3 Å². The SMILES string of the molecule is O=C(C1CCC2NNNC2C1)N1C[C@H]2CN(C(=O)N3CCC(c4ccc(Cl)cc4)CC3)C[C@@H]2C1. The van der Waals surface area contributed by atoms with Crippen molar-refractivity contribution in [3.63, 3.8) is 0 Å². The van der Waals surface area contributed by atoms with Crippen LogP contribution in [0.1, 0.15) is 43.6 Å². The minimum atomic E-state index is 0.119. The normalized spacial score (nSPS) is 33.8. The number of fused-ring (bicyclic) bond motifs is 2. The molecule has 3 unspecified atom stereocenters. The number of likely N-dealkylation sites (tertiary alicyclic amines) is 3. The molecule has 3 amide bonds. The van der Waals surface area contributed by atoms with Gasteiger partial charge in [0, 0.05) is 74.1 Å². The van der Waals surface area contributed by atoms with Crippen LogP contribution in [0.4, 0.5) is 4.79 Å². The zero-order chi connectivity index (χ0) is 23.2. The van der Waals surface area contributed by atoms with E-state index in [1.807, 2.05) is 21.9 Å². The van der Waals surface area contributed by atoms with E-state index in [0.29, 0.717) is 35.7 Å². The molecule has 5 fully saturated rings. The van der Waals surface area contributed by atoms with Crippen LogP contribution in [0.5, 0.6) is 0 Å². The van der Waals surface area contributed by atoms with E-state index in [9.17, 15) is 9.59 Å². The van der Waals surface area contributed by atoms with Crippen LogP contribution in [0.2, 0.25) is 5.02 Å². The molecule has 4 saturated heterocycles. The van der Waals surface area contributed by atoms with E-state index in [1.54, 1.807) is 0 Å². The zero-order valence-corrected chi connectivity index (χ0v) is 20.3. The average molecular weight is 487 g/mol. The van der Waals surface area contributed by atoms with E-state index in [0.717, 1.165) is 76.4 Å². The summed E-state index contributed by atoms with van der Waals surface area (Å²) in [4.78, 5) is 32.6. The number of piperidine rings is 1. The van der Waals surface area contributed by atoms with Crippen LogP contribution in [-0.2, 0) is 4.79 Å². The number of carbonyl (C=O) groups is 2. The number of hydrogen-bond acceptors (Lipinski definition) is 5. The van der Waals surface area contributed by atoms with Crippen molar-refractivity contribution in [1.82, 2.24) is 31.1 Å². The van der Waals surface area contributed by atoms with Crippen LogP contribution >= 0.6 is 11.6 Å². The van der Waals surface area contributed by atoms with Gasteiger partial charge in [-0.2, -0.15) is 5.53 Å². The maximum atomic E-state index is 13.2. The Morgan fingerprint density at radius 3 is 2.15 bits per heavy atom. The van der Waals surface area contributed by atoms with E-state index < -0.39 is 0 Å². The molecular formula is C25H35ClN6O2. The summed E-state index contributed by atoms with van der Waals surface area (Å²) in [6, 6.07) is 9.09. The van der Waals surface area contributed by atoms with Crippen molar-refractivity contribution in [2.24, 2.45) is 17.8 Å². The van der Waals surface area contributed by atoms with Gasteiger partial charge in [-0.1, -0.05) is 23.7 Å². The van der Waals surface area contributed by atoms with E-state index in [4.69, 9.17) is 11.6 Å². The molecule has 1 saturated carbocycles. The van der Waals surface area contributed by atoms with E-state index in [1.165, 1.54) is 5.56 Å². The lowest BCUT2D eigenvalue weighted by Gasteiger charge is -2.35. The summed E-state index contributed by atoms with van der Waals surface area (Å²) in [6.07, 6.45) is 4.88. The van der Waals surface area contributed by atoms with Gasteiger partial charge in [0.15, 0.2) is 0 Å². The van der Waals surface area contributed by atoms with Crippen LogP contribution in [0.15, 0.2) is 24.3 Å². The minimum absolute atomic E-state index is 0.119. The lowest BCUT2D eigenvalue weighted by Crippen LogP contribution is -2.47. The quantitative estimate of drug-likeness (QED) is 0.597. The predicted octanol–water partition coefficient (Wildman–Crippen LogP) is 2.18. The second-order valence-corrected chi connectivity index (χ2v) is 11.3. The van der Waals surface area contributed by atoms with Crippen molar-refractivity contribution in [1.29, 1.82) is 0 Å². The van der Waals surface area contributed by atoms with Crippen LogP contribution < -0.4 is 16.4 Å². The molecule has 9 heteroatoms. The number of hydrazine groups is 2. The first-order chi connectivity index (χ1) is 16.5. The summed E-state index contributed by atoms with van der Waals surface area (Å²) >= 11 is 6.03. The molecule has 3 N–H and O–H groups in total. The van der Waals surface area contributed by atoms with Crippen molar-refractivity contribution in [3.05, 3.63) is 34.9 Å². The largest absolute Gasteiger partial charge is 0.342 e. The fourth-order valence-corrected chi connectivity index (χ4v) is 7.01. The lowest BCUT2D eigenvalue weighted by atomic mass is 9.82. The third-order valence-corrected chi connectivity index (χ3v) is 9.14. The molecule has 184 valence electrons.